The number of ether oxygens (including phenoxy) is 1. The van der Waals surface area contributed by atoms with Crippen LogP contribution in [0.3, 0.4) is 0 Å². The van der Waals surface area contributed by atoms with Gasteiger partial charge in [0.25, 0.3) is 5.56 Å². The number of alkyl halides is 3. The number of carbonyl (C=O) groups excluding carboxylic acids is 1. The van der Waals surface area contributed by atoms with Crippen LogP contribution in [0.4, 0.5) is 13.2 Å². The van der Waals surface area contributed by atoms with Gasteiger partial charge >= 0.3 is 6.36 Å². The monoisotopic (exact) mass is 419 g/mol. The molecule has 158 valence electrons. The number of para-hydroxylation sites is 1. The van der Waals surface area contributed by atoms with Crippen LogP contribution in [0.5, 0.6) is 5.75 Å². The van der Waals surface area contributed by atoms with Crippen LogP contribution in [0.2, 0.25) is 0 Å². The number of aryl methyl sites for hydroxylation is 2. The SMILES string of the molecule is Cc1cccc2c(=O)n(CCC(=O)NCCc3ccc(OC(F)(F)F)cc3)cnc12. The van der Waals surface area contributed by atoms with Crippen molar-refractivity contribution in [1.29, 1.82) is 0 Å². The molecule has 0 bridgehead atoms. The van der Waals surface area contributed by atoms with Gasteiger partial charge in [-0.15, -0.1) is 13.2 Å². The van der Waals surface area contributed by atoms with E-state index in [9.17, 15) is 22.8 Å². The first-order chi connectivity index (χ1) is 14.2. The zero-order chi connectivity index (χ0) is 21.7. The van der Waals surface area contributed by atoms with Gasteiger partial charge in [0, 0.05) is 19.5 Å². The van der Waals surface area contributed by atoms with Crippen molar-refractivity contribution >= 4 is 16.8 Å². The summed E-state index contributed by atoms with van der Waals surface area (Å²) in [5.41, 5.74) is 2.12. The summed E-state index contributed by atoms with van der Waals surface area (Å²) >= 11 is 0. The van der Waals surface area contributed by atoms with Crippen LogP contribution in [0.15, 0.2) is 53.6 Å². The van der Waals surface area contributed by atoms with Crippen LogP contribution in [-0.2, 0) is 17.8 Å². The molecule has 0 aliphatic carbocycles. The van der Waals surface area contributed by atoms with Crippen molar-refractivity contribution in [3.05, 3.63) is 70.3 Å². The zero-order valence-corrected chi connectivity index (χ0v) is 16.2. The number of amides is 1. The number of nitrogens with zero attached hydrogens (tertiary/aromatic N) is 2. The Labute approximate surface area is 170 Å². The van der Waals surface area contributed by atoms with Crippen LogP contribution in [0.1, 0.15) is 17.5 Å². The standard InChI is InChI=1S/C21H20F3N3O3/c1-14-3-2-4-17-19(14)26-13-27(20(17)29)12-10-18(28)25-11-9-15-5-7-16(8-6-15)30-21(22,23)24/h2-8,13H,9-12H2,1H3,(H,25,28). The van der Waals surface area contributed by atoms with Crippen LogP contribution in [0.25, 0.3) is 10.9 Å². The highest BCUT2D eigenvalue weighted by Crippen LogP contribution is 2.22. The van der Waals surface area contributed by atoms with Crippen molar-refractivity contribution in [3.63, 3.8) is 0 Å². The largest absolute Gasteiger partial charge is 0.573 e. The Balaban J connectivity index is 1.48. The first kappa shape index (κ1) is 21.4. The molecule has 30 heavy (non-hydrogen) atoms. The summed E-state index contributed by atoms with van der Waals surface area (Å²) in [5, 5.41) is 3.24. The van der Waals surface area contributed by atoms with Crippen LogP contribution < -0.4 is 15.6 Å². The Morgan fingerprint density at radius 1 is 1.17 bits per heavy atom. The van der Waals surface area contributed by atoms with Crippen molar-refractivity contribution in [2.24, 2.45) is 0 Å². The molecule has 0 aliphatic heterocycles. The molecule has 9 heteroatoms. The number of nitrogens with one attached hydrogen (secondary N) is 1. The van der Waals surface area contributed by atoms with Gasteiger partial charge < -0.3 is 10.1 Å². The predicted octanol–water partition coefficient (Wildman–Crippen LogP) is 3.35. The second-order valence-electron chi connectivity index (χ2n) is 6.76. The summed E-state index contributed by atoms with van der Waals surface area (Å²) in [5.74, 6) is -0.525. The Morgan fingerprint density at radius 2 is 1.90 bits per heavy atom. The second kappa shape index (κ2) is 8.98. The van der Waals surface area contributed by atoms with Gasteiger partial charge in [-0.1, -0.05) is 24.3 Å². The Morgan fingerprint density at radius 3 is 2.60 bits per heavy atom. The van der Waals surface area contributed by atoms with Crippen LogP contribution in [0, 0.1) is 6.92 Å². The van der Waals surface area contributed by atoms with Crippen molar-refractivity contribution in [2.75, 3.05) is 6.54 Å². The molecular formula is C21H20F3N3O3. The van der Waals surface area contributed by atoms with Gasteiger partial charge in [0.15, 0.2) is 0 Å². The number of halogens is 3. The lowest BCUT2D eigenvalue weighted by Gasteiger charge is -2.10. The van der Waals surface area contributed by atoms with Crippen LogP contribution in [-0.4, -0.2) is 28.4 Å². The molecule has 0 radical (unpaired) electrons. The lowest BCUT2D eigenvalue weighted by molar-refractivity contribution is -0.274. The molecule has 0 aliphatic rings. The van der Waals surface area contributed by atoms with E-state index < -0.39 is 6.36 Å². The highest BCUT2D eigenvalue weighted by molar-refractivity contribution is 5.80. The minimum absolute atomic E-state index is 0.108. The molecule has 1 aromatic heterocycles. The molecule has 1 heterocycles. The highest BCUT2D eigenvalue weighted by atomic mass is 19.4. The predicted molar refractivity (Wildman–Crippen MR) is 105 cm³/mol. The normalized spacial score (nSPS) is 11.5. The summed E-state index contributed by atoms with van der Waals surface area (Å²) in [7, 11) is 0. The molecule has 0 fully saturated rings. The van der Waals surface area contributed by atoms with Gasteiger partial charge in [-0.05, 0) is 42.7 Å². The maximum atomic E-state index is 12.5. The fraction of sp³-hybridized carbons (Fsp3) is 0.286. The molecule has 3 rings (SSSR count). The van der Waals surface area contributed by atoms with Gasteiger partial charge in [0.1, 0.15) is 5.75 Å². The molecule has 0 saturated heterocycles. The molecular weight excluding hydrogens is 399 g/mol. The maximum Gasteiger partial charge on any atom is 0.573 e. The van der Waals surface area contributed by atoms with Crippen LogP contribution >= 0.6 is 0 Å². The minimum Gasteiger partial charge on any atom is -0.406 e. The minimum atomic E-state index is -4.73. The Hall–Kier alpha value is -3.36. The number of fused-ring (bicyclic) bond motifs is 1. The lowest BCUT2D eigenvalue weighted by Crippen LogP contribution is -2.29. The number of benzene rings is 2. The average Bonchev–Trinajstić information content (AvgIpc) is 2.68. The average molecular weight is 419 g/mol. The van der Waals surface area contributed by atoms with Gasteiger partial charge in [-0.2, -0.15) is 0 Å². The van der Waals surface area contributed by atoms with Gasteiger partial charge in [0.05, 0.1) is 17.2 Å². The zero-order valence-electron chi connectivity index (χ0n) is 16.2. The summed E-state index contributed by atoms with van der Waals surface area (Å²) in [6, 6.07) is 10.9. The van der Waals surface area contributed by atoms with E-state index in [-0.39, 0.29) is 30.2 Å². The molecule has 0 spiro atoms. The Bertz CT molecular complexity index is 1090. The molecule has 1 amide bonds. The molecule has 0 unspecified atom stereocenters. The first-order valence-electron chi connectivity index (χ1n) is 9.29. The number of rotatable bonds is 7. The molecule has 2 aromatic carbocycles. The number of aromatic nitrogens is 2. The van der Waals surface area contributed by atoms with Gasteiger partial charge in [-0.25, -0.2) is 4.98 Å². The van der Waals surface area contributed by atoms with E-state index in [0.29, 0.717) is 23.9 Å². The smallest absolute Gasteiger partial charge is 0.406 e. The van der Waals surface area contributed by atoms with Crippen molar-refractivity contribution in [3.8, 4) is 5.75 Å². The number of hydrogen-bond acceptors (Lipinski definition) is 4. The first-order valence-corrected chi connectivity index (χ1v) is 9.29. The van der Waals surface area contributed by atoms with E-state index in [4.69, 9.17) is 0 Å². The van der Waals surface area contributed by atoms with E-state index in [1.54, 1.807) is 12.1 Å². The fourth-order valence-corrected chi connectivity index (χ4v) is 3.01. The molecule has 3 aromatic rings. The fourth-order valence-electron chi connectivity index (χ4n) is 3.01. The summed E-state index contributed by atoms with van der Waals surface area (Å²) in [6.45, 7) is 2.40. The summed E-state index contributed by atoms with van der Waals surface area (Å²) in [4.78, 5) is 28.9. The maximum absolute atomic E-state index is 12.5. The topological polar surface area (TPSA) is 73.2 Å². The van der Waals surface area contributed by atoms with Crippen molar-refractivity contribution in [2.45, 2.75) is 32.7 Å². The third kappa shape index (κ3) is 5.59. The van der Waals surface area contributed by atoms with Gasteiger partial charge in [-0.3, -0.25) is 14.2 Å². The van der Waals surface area contributed by atoms with E-state index in [1.807, 2.05) is 13.0 Å². The summed E-state index contributed by atoms with van der Waals surface area (Å²) in [6.07, 6.45) is -2.72. The summed E-state index contributed by atoms with van der Waals surface area (Å²) < 4.78 is 41.7. The van der Waals surface area contributed by atoms with E-state index in [2.05, 4.69) is 15.0 Å². The molecule has 0 saturated carbocycles. The molecule has 1 N–H and O–H groups in total. The molecule has 6 nitrogen and oxygen atoms in total. The third-order valence-corrected chi connectivity index (χ3v) is 4.53. The number of carbonyl (C=O) groups is 1. The van der Waals surface area contributed by atoms with Crippen molar-refractivity contribution in [1.82, 2.24) is 14.9 Å². The van der Waals surface area contributed by atoms with E-state index in [1.165, 1.54) is 35.2 Å². The third-order valence-electron chi connectivity index (χ3n) is 4.53. The van der Waals surface area contributed by atoms with Crippen molar-refractivity contribution < 1.29 is 22.7 Å². The highest BCUT2D eigenvalue weighted by Gasteiger charge is 2.30. The molecule has 0 atom stereocenters. The lowest BCUT2D eigenvalue weighted by atomic mass is 10.1. The Kier molecular flexibility index (Phi) is 6.39. The number of hydrogen-bond donors (Lipinski definition) is 1. The quantitative estimate of drug-likeness (QED) is 0.638. The second-order valence-corrected chi connectivity index (χ2v) is 6.76. The van der Waals surface area contributed by atoms with E-state index in [0.717, 1.165) is 11.1 Å². The van der Waals surface area contributed by atoms with Gasteiger partial charge in [0.2, 0.25) is 5.91 Å². The van der Waals surface area contributed by atoms with E-state index >= 15 is 0 Å².